The summed E-state index contributed by atoms with van der Waals surface area (Å²) < 4.78 is 5.83. The molecule has 0 saturated carbocycles. The third-order valence-corrected chi connectivity index (χ3v) is 3.10. The first-order valence-corrected chi connectivity index (χ1v) is 6.26. The van der Waals surface area contributed by atoms with E-state index in [-0.39, 0.29) is 18.2 Å². The van der Waals surface area contributed by atoms with E-state index in [9.17, 15) is 9.59 Å². The topological polar surface area (TPSA) is 89.9 Å². The molecule has 2 aromatic heterocycles. The fraction of sp³-hybridized carbons (Fsp3) is 0.143. The minimum Gasteiger partial charge on any atom is -0.463 e. The van der Waals surface area contributed by atoms with E-state index in [2.05, 4.69) is 19.8 Å². The molecular weight excluding hydrogens is 272 g/mol. The van der Waals surface area contributed by atoms with E-state index in [1.807, 2.05) is 24.3 Å². The summed E-state index contributed by atoms with van der Waals surface area (Å²) in [5.41, 5.74) is 1.48. The Labute approximate surface area is 119 Å². The molecule has 0 spiro atoms. The summed E-state index contributed by atoms with van der Waals surface area (Å²) in [6.45, 7) is 0.00580. The van der Waals surface area contributed by atoms with Crippen LogP contribution in [-0.4, -0.2) is 38.6 Å². The number of rotatable bonds is 4. The second-order valence-corrected chi connectivity index (χ2v) is 4.43. The molecule has 21 heavy (non-hydrogen) atoms. The number of aromatic amines is 1. The van der Waals surface area contributed by atoms with E-state index in [0.29, 0.717) is 5.56 Å². The van der Waals surface area contributed by atoms with Crippen molar-refractivity contribution in [3.05, 3.63) is 48.2 Å². The normalized spacial score (nSPS) is 10.7. The number of carbonyl (C=O) groups excluding carboxylic acids is 2. The Bertz CT molecular complexity index is 818. The molecule has 0 atom stereocenters. The Hall–Kier alpha value is -2.96. The Morgan fingerprint density at radius 2 is 2.14 bits per heavy atom. The van der Waals surface area contributed by atoms with Gasteiger partial charge >= 0.3 is 5.97 Å². The number of nitrogens with one attached hydrogen (secondary N) is 1. The standard InChI is InChI=1S/C14H12N4O3/c1-21-14(20)13-16-8-18(17-13)7-12(19)10-6-15-11-5-3-2-4-9(10)11/h2-6,8,15H,7H2,1H3. The van der Waals surface area contributed by atoms with Crippen LogP contribution in [0.3, 0.4) is 0 Å². The van der Waals surface area contributed by atoms with Gasteiger partial charge in [0.05, 0.1) is 7.11 Å². The molecule has 2 heterocycles. The zero-order chi connectivity index (χ0) is 14.8. The van der Waals surface area contributed by atoms with Gasteiger partial charge in [-0.3, -0.25) is 4.79 Å². The average Bonchev–Trinajstić information content (AvgIpc) is 3.12. The van der Waals surface area contributed by atoms with Gasteiger partial charge in [0.1, 0.15) is 12.9 Å². The van der Waals surface area contributed by atoms with Crippen LogP contribution in [-0.2, 0) is 11.3 Å². The molecule has 0 unspecified atom stereocenters. The van der Waals surface area contributed by atoms with E-state index in [1.165, 1.54) is 18.1 Å². The molecule has 0 aliphatic rings. The number of benzene rings is 1. The number of aromatic nitrogens is 4. The zero-order valence-electron chi connectivity index (χ0n) is 11.2. The number of methoxy groups -OCH3 is 1. The molecule has 0 aliphatic carbocycles. The number of H-pyrrole nitrogens is 1. The fourth-order valence-electron chi connectivity index (χ4n) is 2.09. The molecule has 1 aromatic carbocycles. The summed E-state index contributed by atoms with van der Waals surface area (Å²) in [6.07, 6.45) is 3.00. The maximum Gasteiger partial charge on any atom is 0.377 e. The van der Waals surface area contributed by atoms with Crippen LogP contribution in [0.4, 0.5) is 0 Å². The molecule has 0 amide bonds. The Morgan fingerprint density at radius 3 is 2.95 bits per heavy atom. The predicted molar refractivity (Wildman–Crippen MR) is 74.0 cm³/mol. The van der Waals surface area contributed by atoms with Crippen molar-refractivity contribution in [2.45, 2.75) is 6.54 Å². The summed E-state index contributed by atoms with van der Waals surface area (Å²) in [4.78, 5) is 30.4. The van der Waals surface area contributed by atoms with Gasteiger partial charge in [-0.25, -0.2) is 14.5 Å². The number of fused-ring (bicyclic) bond motifs is 1. The largest absolute Gasteiger partial charge is 0.463 e. The van der Waals surface area contributed by atoms with Crippen molar-refractivity contribution < 1.29 is 14.3 Å². The Morgan fingerprint density at radius 1 is 1.33 bits per heavy atom. The third kappa shape index (κ3) is 2.40. The van der Waals surface area contributed by atoms with Gasteiger partial charge in [0.15, 0.2) is 5.78 Å². The number of carbonyl (C=O) groups is 2. The van der Waals surface area contributed by atoms with Crippen LogP contribution in [0.25, 0.3) is 10.9 Å². The Kier molecular flexibility index (Phi) is 3.23. The van der Waals surface area contributed by atoms with Gasteiger partial charge < -0.3 is 9.72 Å². The van der Waals surface area contributed by atoms with Gasteiger partial charge in [-0.1, -0.05) is 18.2 Å². The second-order valence-electron chi connectivity index (χ2n) is 4.43. The number of Topliss-reactive ketones (excluding diaryl/α,β-unsaturated/α-hetero) is 1. The lowest BCUT2D eigenvalue weighted by Crippen LogP contribution is -2.12. The molecule has 7 heteroatoms. The molecule has 0 aliphatic heterocycles. The summed E-state index contributed by atoms with van der Waals surface area (Å²) in [5, 5.41) is 4.77. The SMILES string of the molecule is COC(=O)c1ncn(CC(=O)c2c[nH]c3ccccc23)n1. The molecule has 0 fully saturated rings. The number of hydrogen-bond donors (Lipinski definition) is 1. The zero-order valence-corrected chi connectivity index (χ0v) is 11.2. The number of para-hydroxylation sites is 1. The summed E-state index contributed by atoms with van der Waals surface area (Å²) >= 11 is 0. The van der Waals surface area contributed by atoms with E-state index in [0.717, 1.165) is 10.9 Å². The fourth-order valence-corrected chi connectivity index (χ4v) is 2.09. The number of ether oxygens (including phenoxy) is 1. The number of hydrogen-bond acceptors (Lipinski definition) is 5. The predicted octanol–water partition coefficient (Wildman–Crippen LogP) is 1.43. The lowest BCUT2D eigenvalue weighted by molar-refractivity contribution is 0.0585. The lowest BCUT2D eigenvalue weighted by atomic mass is 10.1. The lowest BCUT2D eigenvalue weighted by Gasteiger charge is -1.99. The van der Waals surface area contributed by atoms with E-state index < -0.39 is 5.97 Å². The first-order valence-electron chi connectivity index (χ1n) is 6.26. The van der Waals surface area contributed by atoms with Crippen LogP contribution in [0.2, 0.25) is 0 Å². The molecule has 1 N–H and O–H groups in total. The first kappa shape index (κ1) is 13.0. The van der Waals surface area contributed by atoms with Gasteiger partial charge in [-0.05, 0) is 6.07 Å². The van der Waals surface area contributed by atoms with Crippen LogP contribution >= 0.6 is 0 Å². The maximum atomic E-state index is 12.3. The van der Waals surface area contributed by atoms with Gasteiger partial charge in [0, 0.05) is 22.7 Å². The van der Waals surface area contributed by atoms with Crippen molar-refractivity contribution in [3.63, 3.8) is 0 Å². The van der Waals surface area contributed by atoms with Crippen LogP contribution in [0.5, 0.6) is 0 Å². The van der Waals surface area contributed by atoms with Crippen molar-refractivity contribution in [2.75, 3.05) is 7.11 Å². The minimum atomic E-state index is -0.631. The summed E-state index contributed by atoms with van der Waals surface area (Å²) in [6, 6.07) is 7.54. The van der Waals surface area contributed by atoms with E-state index in [1.54, 1.807) is 6.20 Å². The molecular formula is C14H12N4O3. The monoisotopic (exact) mass is 284 g/mol. The van der Waals surface area contributed by atoms with Crippen LogP contribution < -0.4 is 0 Å². The number of ketones is 1. The molecule has 0 radical (unpaired) electrons. The van der Waals surface area contributed by atoms with Crippen LogP contribution in [0.15, 0.2) is 36.8 Å². The highest BCUT2D eigenvalue weighted by Crippen LogP contribution is 2.18. The maximum absolute atomic E-state index is 12.3. The number of nitrogens with zero attached hydrogens (tertiary/aromatic N) is 3. The molecule has 3 aromatic rings. The van der Waals surface area contributed by atoms with Crippen molar-refractivity contribution in [3.8, 4) is 0 Å². The van der Waals surface area contributed by atoms with Crippen molar-refractivity contribution >= 4 is 22.7 Å². The third-order valence-electron chi connectivity index (χ3n) is 3.10. The van der Waals surface area contributed by atoms with Crippen LogP contribution in [0, 0.1) is 0 Å². The Balaban J connectivity index is 1.83. The highest BCUT2D eigenvalue weighted by molar-refractivity contribution is 6.07. The molecule has 7 nitrogen and oxygen atoms in total. The summed E-state index contributed by atoms with van der Waals surface area (Å²) in [5.74, 6) is -0.814. The smallest absolute Gasteiger partial charge is 0.377 e. The van der Waals surface area contributed by atoms with Crippen molar-refractivity contribution in [1.82, 2.24) is 19.7 Å². The van der Waals surface area contributed by atoms with Crippen LogP contribution in [0.1, 0.15) is 21.0 Å². The van der Waals surface area contributed by atoms with Crippen molar-refractivity contribution in [1.29, 1.82) is 0 Å². The molecule has 106 valence electrons. The van der Waals surface area contributed by atoms with Gasteiger partial charge in [-0.2, -0.15) is 0 Å². The highest BCUT2D eigenvalue weighted by Gasteiger charge is 2.15. The van der Waals surface area contributed by atoms with Gasteiger partial charge in [-0.15, -0.1) is 5.10 Å². The first-order chi connectivity index (χ1) is 10.2. The van der Waals surface area contributed by atoms with E-state index in [4.69, 9.17) is 0 Å². The second kappa shape index (κ2) is 5.20. The minimum absolute atomic E-state index is 0.00580. The molecule has 3 rings (SSSR count). The van der Waals surface area contributed by atoms with Gasteiger partial charge in [0.2, 0.25) is 0 Å². The van der Waals surface area contributed by atoms with Gasteiger partial charge in [0.25, 0.3) is 5.82 Å². The highest BCUT2D eigenvalue weighted by atomic mass is 16.5. The quantitative estimate of drug-likeness (QED) is 0.578. The summed E-state index contributed by atoms with van der Waals surface area (Å²) in [7, 11) is 1.25. The number of esters is 1. The average molecular weight is 284 g/mol. The molecule has 0 saturated heterocycles. The van der Waals surface area contributed by atoms with E-state index >= 15 is 0 Å². The molecule has 0 bridgehead atoms. The van der Waals surface area contributed by atoms with Crippen molar-refractivity contribution in [2.24, 2.45) is 0 Å².